The Labute approximate surface area is 105 Å². The van der Waals surface area contributed by atoms with Crippen LogP contribution in [0.4, 0.5) is 0 Å². The second-order valence-corrected chi connectivity index (χ2v) is 4.13. The highest BCUT2D eigenvalue weighted by Gasteiger charge is 2.34. The molecule has 1 aliphatic rings. The van der Waals surface area contributed by atoms with Crippen molar-refractivity contribution in [2.75, 3.05) is 13.7 Å². The van der Waals surface area contributed by atoms with Gasteiger partial charge >= 0.3 is 5.97 Å². The summed E-state index contributed by atoms with van der Waals surface area (Å²) in [6, 6.07) is 8.74. The fourth-order valence-electron chi connectivity index (χ4n) is 1.86. The van der Waals surface area contributed by atoms with Crippen molar-refractivity contribution >= 4 is 5.97 Å². The van der Waals surface area contributed by atoms with Crippen molar-refractivity contribution in [1.29, 1.82) is 0 Å². The average Bonchev–Trinajstić information content (AvgIpc) is 2.77. The molecule has 0 aromatic heterocycles. The van der Waals surface area contributed by atoms with Gasteiger partial charge in [0, 0.05) is 13.5 Å². The van der Waals surface area contributed by atoms with E-state index >= 15 is 0 Å². The summed E-state index contributed by atoms with van der Waals surface area (Å²) in [7, 11) is 1.46. The van der Waals surface area contributed by atoms with Crippen LogP contribution in [0.1, 0.15) is 16.8 Å². The van der Waals surface area contributed by atoms with E-state index in [4.69, 9.17) is 14.2 Å². The first-order valence-corrected chi connectivity index (χ1v) is 5.79. The smallest absolute Gasteiger partial charge is 0.338 e. The number of aliphatic hydroxyl groups excluding tert-OH is 1. The van der Waals surface area contributed by atoms with Crippen molar-refractivity contribution in [2.24, 2.45) is 0 Å². The van der Waals surface area contributed by atoms with Crippen LogP contribution in [0.2, 0.25) is 0 Å². The SMILES string of the molecule is CO[C@@H]1O[C@H](COC(=O)c2ccccc2)C[C@@H]1O. The van der Waals surface area contributed by atoms with Gasteiger partial charge in [0.1, 0.15) is 12.7 Å². The van der Waals surface area contributed by atoms with Gasteiger partial charge in [0.05, 0.1) is 11.7 Å². The summed E-state index contributed by atoms with van der Waals surface area (Å²) in [6.45, 7) is 0.116. The fraction of sp³-hybridized carbons (Fsp3) is 0.462. The van der Waals surface area contributed by atoms with Gasteiger partial charge in [-0.3, -0.25) is 0 Å². The van der Waals surface area contributed by atoms with Gasteiger partial charge in [-0.25, -0.2) is 4.79 Å². The molecular formula is C13H16O5. The maximum absolute atomic E-state index is 11.7. The summed E-state index contributed by atoms with van der Waals surface area (Å²) in [5.41, 5.74) is 0.499. The molecule has 0 unspecified atom stereocenters. The number of rotatable bonds is 4. The molecule has 0 radical (unpaired) electrons. The number of hydrogen-bond donors (Lipinski definition) is 1. The molecule has 5 heteroatoms. The molecule has 98 valence electrons. The molecule has 1 aliphatic heterocycles. The molecule has 1 aromatic carbocycles. The largest absolute Gasteiger partial charge is 0.459 e. The van der Waals surface area contributed by atoms with Crippen LogP contribution < -0.4 is 0 Å². The highest BCUT2D eigenvalue weighted by Crippen LogP contribution is 2.21. The minimum atomic E-state index is -0.671. The van der Waals surface area contributed by atoms with E-state index in [1.54, 1.807) is 24.3 Å². The van der Waals surface area contributed by atoms with Crippen molar-refractivity contribution in [3.05, 3.63) is 35.9 Å². The molecule has 0 aliphatic carbocycles. The first-order chi connectivity index (χ1) is 8.70. The minimum Gasteiger partial charge on any atom is -0.459 e. The summed E-state index contributed by atoms with van der Waals surface area (Å²) < 4.78 is 15.4. The molecule has 0 bridgehead atoms. The van der Waals surface area contributed by atoms with Gasteiger partial charge in [0.2, 0.25) is 0 Å². The first kappa shape index (κ1) is 13.0. The zero-order chi connectivity index (χ0) is 13.0. The van der Waals surface area contributed by atoms with E-state index in [2.05, 4.69) is 0 Å². The third kappa shape index (κ3) is 3.07. The lowest BCUT2D eigenvalue weighted by molar-refractivity contribution is -0.153. The Bertz CT molecular complexity index is 392. The van der Waals surface area contributed by atoms with Crippen LogP contribution in [0.5, 0.6) is 0 Å². The van der Waals surface area contributed by atoms with Gasteiger partial charge in [-0.1, -0.05) is 18.2 Å². The number of carbonyl (C=O) groups excluding carboxylic acids is 1. The van der Waals surface area contributed by atoms with E-state index in [0.717, 1.165) is 0 Å². The zero-order valence-corrected chi connectivity index (χ0v) is 10.1. The topological polar surface area (TPSA) is 65.0 Å². The molecule has 1 aromatic rings. The number of aliphatic hydroxyl groups is 1. The highest BCUT2D eigenvalue weighted by molar-refractivity contribution is 5.89. The molecule has 1 heterocycles. The predicted octanol–water partition coefficient (Wildman–Crippen LogP) is 0.966. The monoisotopic (exact) mass is 252 g/mol. The minimum absolute atomic E-state index is 0.116. The second-order valence-electron chi connectivity index (χ2n) is 4.13. The molecule has 0 spiro atoms. The van der Waals surface area contributed by atoms with Gasteiger partial charge < -0.3 is 19.3 Å². The van der Waals surface area contributed by atoms with E-state index in [0.29, 0.717) is 12.0 Å². The summed E-state index contributed by atoms with van der Waals surface area (Å²) in [5.74, 6) is -0.394. The molecule has 5 nitrogen and oxygen atoms in total. The van der Waals surface area contributed by atoms with Crippen LogP contribution in [-0.2, 0) is 14.2 Å². The Morgan fingerprint density at radius 3 is 2.78 bits per heavy atom. The van der Waals surface area contributed by atoms with Gasteiger partial charge in [-0.2, -0.15) is 0 Å². The third-order valence-corrected chi connectivity index (χ3v) is 2.79. The molecule has 3 atom stereocenters. The molecular weight excluding hydrogens is 236 g/mol. The number of hydrogen-bond acceptors (Lipinski definition) is 5. The summed E-state index contributed by atoms with van der Waals surface area (Å²) >= 11 is 0. The number of benzene rings is 1. The maximum atomic E-state index is 11.7. The molecule has 1 fully saturated rings. The fourth-order valence-corrected chi connectivity index (χ4v) is 1.86. The van der Waals surface area contributed by atoms with Crippen LogP contribution in [0, 0.1) is 0 Å². The van der Waals surface area contributed by atoms with Gasteiger partial charge in [-0.05, 0) is 12.1 Å². The number of carbonyl (C=O) groups is 1. The summed E-state index contributed by atoms with van der Waals surface area (Å²) in [5, 5.41) is 9.55. The molecule has 2 rings (SSSR count). The Morgan fingerprint density at radius 1 is 1.44 bits per heavy atom. The Kier molecular flexibility index (Phi) is 4.30. The number of ether oxygens (including phenoxy) is 3. The molecule has 0 saturated carbocycles. The first-order valence-electron chi connectivity index (χ1n) is 5.79. The third-order valence-electron chi connectivity index (χ3n) is 2.79. The van der Waals surface area contributed by atoms with E-state index in [9.17, 15) is 9.90 Å². The molecule has 1 N–H and O–H groups in total. The van der Waals surface area contributed by atoms with E-state index in [1.165, 1.54) is 7.11 Å². The van der Waals surface area contributed by atoms with Crippen LogP contribution in [0.15, 0.2) is 30.3 Å². The van der Waals surface area contributed by atoms with E-state index in [1.807, 2.05) is 6.07 Å². The lowest BCUT2D eigenvalue weighted by atomic mass is 10.2. The standard InChI is InChI=1S/C13H16O5/c1-16-13-11(14)7-10(18-13)8-17-12(15)9-5-3-2-4-6-9/h2-6,10-11,13-14H,7-8H2,1H3/t10-,11-,13+/m0/s1. The van der Waals surface area contributed by atoms with Crippen molar-refractivity contribution in [2.45, 2.75) is 24.9 Å². The predicted molar refractivity (Wildman–Crippen MR) is 63.0 cm³/mol. The Hall–Kier alpha value is -1.43. The van der Waals surface area contributed by atoms with E-state index < -0.39 is 18.4 Å². The van der Waals surface area contributed by atoms with Gasteiger partial charge in [0.15, 0.2) is 6.29 Å². The normalized spacial score (nSPS) is 27.1. The van der Waals surface area contributed by atoms with E-state index in [-0.39, 0.29) is 12.7 Å². The molecule has 0 amide bonds. The Morgan fingerprint density at radius 2 is 2.17 bits per heavy atom. The van der Waals surface area contributed by atoms with Crippen LogP contribution in [0.25, 0.3) is 0 Å². The summed E-state index contributed by atoms with van der Waals surface area (Å²) in [6.07, 6.45) is -1.22. The van der Waals surface area contributed by atoms with Crippen molar-refractivity contribution in [3.63, 3.8) is 0 Å². The maximum Gasteiger partial charge on any atom is 0.338 e. The van der Waals surface area contributed by atoms with Gasteiger partial charge in [-0.15, -0.1) is 0 Å². The highest BCUT2D eigenvalue weighted by atomic mass is 16.7. The Balaban J connectivity index is 1.81. The lowest BCUT2D eigenvalue weighted by Gasteiger charge is -2.12. The van der Waals surface area contributed by atoms with Crippen molar-refractivity contribution < 1.29 is 24.1 Å². The van der Waals surface area contributed by atoms with Gasteiger partial charge in [0.25, 0.3) is 0 Å². The zero-order valence-electron chi connectivity index (χ0n) is 10.1. The second kappa shape index (κ2) is 5.95. The summed E-state index contributed by atoms with van der Waals surface area (Å²) in [4.78, 5) is 11.7. The quantitative estimate of drug-likeness (QED) is 0.809. The van der Waals surface area contributed by atoms with Crippen LogP contribution in [0.3, 0.4) is 0 Å². The van der Waals surface area contributed by atoms with Crippen molar-refractivity contribution in [1.82, 2.24) is 0 Å². The number of esters is 1. The number of methoxy groups -OCH3 is 1. The lowest BCUT2D eigenvalue weighted by Crippen LogP contribution is -2.22. The van der Waals surface area contributed by atoms with Crippen LogP contribution in [-0.4, -0.2) is 43.3 Å². The molecule has 1 saturated heterocycles. The van der Waals surface area contributed by atoms with Crippen LogP contribution >= 0.6 is 0 Å². The molecule has 18 heavy (non-hydrogen) atoms. The average molecular weight is 252 g/mol. The van der Waals surface area contributed by atoms with Crippen molar-refractivity contribution in [3.8, 4) is 0 Å².